The van der Waals surface area contributed by atoms with E-state index in [9.17, 15) is 0 Å². The van der Waals surface area contributed by atoms with Gasteiger partial charge in [-0.25, -0.2) is 4.98 Å². The third-order valence-corrected chi connectivity index (χ3v) is 4.96. The van der Waals surface area contributed by atoms with Crippen LogP contribution in [0.4, 0.5) is 0 Å². The van der Waals surface area contributed by atoms with Crippen molar-refractivity contribution in [1.29, 1.82) is 0 Å². The number of hydrogen-bond donors (Lipinski definition) is 1. The fourth-order valence-corrected chi connectivity index (χ4v) is 3.51. The molecule has 23 heavy (non-hydrogen) atoms. The van der Waals surface area contributed by atoms with Crippen molar-refractivity contribution in [3.05, 3.63) is 57.5 Å². The molecule has 0 atom stereocenters. The molecule has 1 aromatic carbocycles. The first kappa shape index (κ1) is 15.8. The molecule has 0 aliphatic carbocycles. The second-order valence-electron chi connectivity index (χ2n) is 4.96. The Morgan fingerprint density at radius 1 is 1.30 bits per heavy atom. The molecule has 0 saturated carbocycles. The molecule has 4 nitrogen and oxygen atoms in total. The van der Waals surface area contributed by atoms with E-state index in [1.807, 2.05) is 30.4 Å². The molecule has 1 N–H and O–H groups in total. The average Bonchev–Trinajstić information content (AvgIpc) is 3.22. The topological polar surface area (TPSA) is 50.8 Å². The number of aromatic nitrogens is 3. The van der Waals surface area contributed by atoms with Crippen LogP contribution in [0.2, 0.25) is 0 Å². The molecule has 0 fully saturated rings. The minimum atomic E-state index is 0.736. The molecule has 2 aromatic heterocycles. The molecule has 0 radical (unpaired) electrons. The Morgan fingerprint density at radius 3 is 3.00 bits per heavy atom. The van der Waals surface area contributed by atoms with Gasteiger partial charge in [0.2, 0.25) is 5.16 Å². The van der Waals surface area contributed by atoms with Crippen molar-refractivity contribution >= 4 is 35.3 Å². The number of thiophene rings is 1. The number of benzene rings is 1. The highest BCUT2D eigenvalue weighted by Crippen LogP contribution is 2.27. The summed E-state index contributed by atoms with van der Waals surface area (Å²) in [5.41, 5.74) is 2.37. The van der Waals surface area contributed by atoms with E-state index in [2.05, 4.69) is 39.6 Å². The van der Waals surface area contributed by atoms with Gasteiger partial charge >= 0.3 is 0 Å². The summed E-state index contributed by atoms with van der Waals surface area (Å²) >= 11 is 3.29. The monoisotopic (exact) mass is 343 g/mol. The van der Waals surface area contributed by atoms with Crippen molar-refractivity contribution in [2.45, 2.75) is 17.8 Å². The van der Waals surface area contributed by atoms with E-state index >= 15 is 0 Å². The van der Waals surface area contributed by atoms with Crippen molar-refractivity contribution in [3.8, 4) is 5.75 Å². The average molecular weight is 343 g/mol. The highest BCUT2D eigenvalue weighted by Gasteiger charge is 2.07. The van der Waals surface area contributed by atoms with Crippen molar-refractivity contribution in [2.75, 3.05) is 7.11 Å². The number of nitrogens with zero attached hydrogens (tertiary/aromatic N) is 2. The van der Waals surface area contributed by atoms with Gasteiger partial charge in [0.1, 0.15) is 11.6 Å². The predicted octanol–water partition coefficient (Wildman–Crippen LogP) is 4.65. The quantitative estimate of drug-likeness (QED) is 0.662. The van der Waals surface area contributed by atoms with E-state index in [0.717, 1.165) is 28.0 Å². The zero-order valence-corrected chi connectivity index (χ0v) is 14.6. The number of nitrogens with one attached hydrogen (secondary N) is 1. The fraction of sp³-hybridized carbons (Fsp3) is 0.176. The molecule has 0 bridgehead atoms. The third-order valence-electron chi connectivity index (χ3n) is 3.22. The maximum absolute atomic E-state index is 5.40. The Kier molecular flexibility index (Phi) is 5.15. The number of hydrogen-bond acceptors (Lipinski definition) is 5. The Bertz CT molecular complexity index is 794. The molecular weight excluding hydrogens is 326 g/mol. The zero-order chi connectivity index (χ0) is 16.1. The molecular formula is C17H17N3OS2. The molecule has 0 saturated heterocycles. The standard InChI is InChI=1S/C17H17N3OS2/c1-12-5-7-15(21-2)13(10-12)11-23-17-18-16(19-20-17)8-6-14-4-3-9-22-14/h3-10H,11H2,1-2H3,(H,18,19,20)/b8-6+. The van der Waals surface area contributed by atoms with E-state index < -0.39 is 0 Å². The molecule has 0 aliphatic rings. The predicted molar refractivity (Wildman–Crippen MR) is 96.9 cm³/mol. The van der Waals surface area contributed by atoms with Crippen LogP contribution in [0.25, 0.3) is 12.2 Å². The van der Waals surface area contributed by atoms with Crippen LogP contribution in [-0.2, 0) is 5.75 Å². The van der Waals surface area contributed by atoms with Crippen LogP contribution in [0.5, 0.6) is 5.75 Å². The summed E-state index contributed by atoms with van der Waals surface area (Å²) in [5.74, 6) is 2.44. The SMILES string of the molecule is COc1ccc(C)cc1CSc1n[nH]c(/C=C/c2cccs2)n1. The highest BCUT2D eigenvalue weighted by molar-refractivity contribution is 7.98. The summed E-state index contributed by atoms with van der Waals surface area (Å²) in [4.78, 5) is 5.67. The van der Waals surface area contributed by atoms with E-state index in [0.29, 0.717) is 0 Å². The lowest BCUT2D eigenvalue weighted by atomic mass is 10.1. The Hall–Kier alpha value is -2.05. The maximum Gasteiger partial charge on any atom is 0.209 e. The normalized spacial score (nSPS) is 11.2. The molecule has 0 spiro atoms. The second kappa shape index (κ2) is 7.48. The minimum absolute atomic E-state index is 0.736. The minimum Gasteiger partial charge on any atom is -0.496 e. The van der Waals surface area contributed by atoms with Crippen molar-refractivity contribution in [2.24, 2.45) is 0 Å². The van der Waals surface area contributed by atoms with Crippen LogP contribution in [0.3, 0.4) is 0 Å². The van der Waals surface area contributed by atoms with Gasteiger partial charge in [0.25, 0.3) is 0 Å². The van der Waals surface area contributed by atoms with E-state index in [4.69, 9.17) is 4.74 Å². The number of aryl methyl sites for hydroxylation is 1. The number of aromatic amines is 1. The number of methoxy groups -OCH3 is 1. The fourth-order valence-electron chi connectivity index (χ4n) is 2.11. The summed E-state index contributed by atoms with van der Waals surface area (Å²) < 4.78 is 5.40. The Balaban J connectivity index is 1.64. The summed E-state index contributed by atoms with van der Waals surface area (Å²) in [7, 11) is 1.69. The molecule has 118 valence electrons. The van der Waals surface area contributed by atoms with Crippen LogP contribution in [0.15, 0.2) is 40.9 Å². The number of rotatable bonds is 6. The lowest BCUT2D eigenvalue weighted by Gasteiger charge is -2.07. The second-order valence-corrected chi connectivity index (χ2v) is 6.88. The first-order valence-electron chi connectivity index (χ1n) is 7.15. The van der Waals surface area contributed by atoms with Gasteiger partial charge in [-0.3, -0.25) is 5.10 Å². The van der Waals surface area contributed by atoms with Gasteiger partial charge in [0.15, 0.2) is 0 Å². The van der Waals surface area contributed by atoms with Crippen LogP contribution in [0, 0.1) is 6.92 Å². The Morgan fingerprint density at radius 2 is 2.22 bits per heavy atom. The number of thioether (sulfide) groups is 1. The Labute approximate surface area is 143 Å². The zero-order valence-electron chi connectivity index (χ0n) is 12.9. The first-order chi connectivity index (χ1) is 11.2. The van der Waals surface area contributed by atoms with Gasteiger partial charge in [-0.15, -0.1) is 16.4 Å². The third kappa shape index (κ3) is 4.24. The molecule has 0 aliphatic heterocycles. The lowest BCUT2D eigenvalue weighted by Crippen LogP contribution is -1.91. The summed E-state index contributed by atoms with van der Waals surface area (Å²) in [6.07, 6.45) is 3.97. The molecule has 2 heterocycles. The summed E-state index contributed by atoms with van der Waals surface area (Å²) in [6.45, 7) is 2.08. The largest absolute Gasteiger partial charge is 0.496 e. The van der Waals surface area contributed by atoms with Gasteiger partial charge in [-0.1, -0.05) is 35.5 Å². The molecule has 0 amide bonds. The van der Waals surface area contributed by atoms with Gasteiger partial charge in [-0.05, 0) is 36.6 Å². The van der Waals surface area contributed by atoms with Gasteiger partial charge in [0, 0.05) is 16.2 Å². The summed E-state index contributed by atoms with van der Waals surface area (Å²) in [6, 6.07) is 10.3. The van der Waals surface area contributed by atoms with Crippen LogP contribution < -0.4 is 4.74 Å². The van der Waals surface area contributed by atoms with Crippen LogP contribution >= 0.6 is 23.1 Å². The highest BCUT2D eigenvalue weighted by atomic mass is 32.2. The number of ether oxygens (including phenoxy) is 1. The molecule has 0 unspecified atom stereocenters. The lowest BCUT2D eigenvalue weighted by molar-refractivity contribution is 0.411. The van der Waals surface area contributed by atoms with Gasteiger partial charge in [0.05, 0.1) is 7.11 Å². The molecule has 3 rings (SSSR count). The maximum atomic E-state index is 5.40. The van der Waals surface area contributed by atoms with E-state index in [-0.39, 0.29) is 0 Å². The summed E-state index contributed by atoms with van der Waals surface area (Å²) in [5, 5.41) is 9.98. The van der Waals surface area contributed by atoms with Gasteiger partial charge in [-0.2, -0.15) is 0 Å². The van der Waals surface area contributed by atoms with Crippen LogP contribution in [-0.4, -0.2) is 22.3 Å². The van der Waals surface area contributed by atoms with Gasteiger partial charge < -0.3 is 4.74 Å². The number of H-pyrrole nitrogens is 1. The van der Waals surface area contributed by atoms with E-state index in [1.165, 1.54) is 10.4 Å². The first-order valence-corrected chi connectivity index (χ1v) is 9.01. The molecule has 3 aromatic rings. The van der Waals surface area contributed by atoms with Crippen molar-refractivity contribution in [3.63, 3.8) is 0 Å². The van der Waals surface area contributed by atoms with Crippen molar-refractivity contribution < 1.29 is 4.74 Å². The van der Waals surface area contributed by atoms with Crippen molar-refractivity contribution in [1.82, 2.24) is 15.2 Å². The molecule has 6 heteroatoms. The smallest absolute Gasteiger partial charge is 0.209 e. The van der Waals surface area contributed by atoms with E-state index in [1.54, 1.807) is 30.2 Å². The van der Waals surface area contributed by atoms with Crippen LogP contribution in [0.1, 0.15) is 21.8 Å².